The molecule has 4 aliphatic rings. The molecular weight excluding hydrogens is 484 g/mol. The van der Waals surface area contributed by atoms with Gasteiger partial charge in [-0.15, -0.1) is 0 Å². The molecule has 0 bridgehead atoms. The highest BCUT2D eigenvalue weighted by molar-refractivity contribution is 5.95. The highest BCUT2D eigenvalue weighted by Crippen LogP contribution is 2.57. The maximum atomic E-state index is 13.5. The van der Waals surface area contributed by atoms with Gasteiger partial charge in [0.2, 0.25) is 11.8 Å². The highest BCUT2D eigenvalue weighted by atomic mass is 16.3. The van der Waals surface area contributed by atoms with Crippen LogP contribution in [0.4, 0.5) is 5.69 Å². The first kappa shape index (κ1) is 24.9. The van der Waals surface area contributed by atoms with Crippen LogP contribution in [0.15, 0.2) is 18.2 Å². The number of hydrogen-bond donors (Lipinski definition) is 1. The number of benzene rings is 1. The van der Waals surface area contributed by atoms with E-state index in [9.17, 15) is 14.4 Å². The predicted molar refractivity (Wildman–Crippen MR) is 141 cm³/mol. The largest absolute Gasteiger partial charge is 0.387 e. The SMILES string of the molecule is Cc1cccc(N2CCN(C(=O)Cn3nc(C(=O)N4CCN(C(=O)CO)CC4)c4c3CC3CC43)CC2)c1C. The fourth-order valence-electron chi connectivity index (χ4n) is 6.39. The number of fused-ring (bicyclic) bond motifs is 3. The Hall–Kier alpha value is -3.40. The number of aliphatic hydroxyl groups excluding tert-OH is 1. The summed E-state index contributed by atoms with van der Waals surface area (Å²) < 4.78 is 1.79. The average Bonchev–Trinajstić information content (AvgIpc) is 3.47. The molecule has 2 aromatic rings. The molecule has 3 fully saturated rings. The zero-order valence-electron chi connectivity index (χ0n) is 22.2. The molecule has 0 radical (unpaired) electrons. The summed E-state index contributed by atoms with van der Waals surface area (Å²) in [6, 6.07) is 6.37. The molecule has 3 amide bonds. The monoisotopic (exact) mass is 520 g/mol. The maximum Gasteiger partial charge on any atom is 0.274 e. The second-order valence-corrected chi connectivity index (χ2v) is 11.1. The summed E-state index contributed by atoms with van der Waals surface area (Å²) in [7, 11) is 0. The van der Waals surface area contributed by atoms with Crippen LogP contribution in [0.1, 0.15) is 45.2 Å². The van der Waals surface area contributed by atoms with Gasteiger partial charge in [-0.2, -0.15) is 5.10 Å². The number of rotatable bonds is 5. The first-order valence-electron chi connectivity index (χ1n) is 13.7. The molecule has 10 nitrogen and oxygen atoms in total. The molecule has 2 unspecified atom stereocenters. The molecule has 1 N–H and O–H groups in total. The average molecular weight is 521 g/mol. The van der Waals surface area contributed by atoms with E-state index in [0.29, 0.717) is 56.8 Å². The van der Waals surface area contributed by atoms with Crippen LogP contribution in [0.25, 0.3) is 0 Å². The third-order valence-corrected chi connectivity index (χ3v) is 8.94. The van der Waals surface area contributed by atoms with Crippen LogP contribution >= 0.6 is 0 Å². The van der Waals surface area contributed by atoms with Crippen LogP contribution in [0.2, 0.25) is 0 Å². The lowest BCUT2D eigenvalue weighted by Gasteiger charge is -2.37. The van der Waals surface area contributed by atoms with Crippen LogP contribution < -0.4 is 4.90 Å². The van der Waals surface area contributed by atoms with Crippen molar-refractivity contribution in [2.45, 2.75) is 39.2 Å². The van der Waals surface area contributed by atoms with Crippen molar-refractivity contribution in [1.29, 1.82) is 0 Å². The van der Waals surface area contributed by atoms with Crippen molar-refractivity contribution < 1.29 is 19.5 Å². The van der Waals surface area contributed by atoms with Gasteiger partial charge in [0.25, 0.3) is 5.91 Å². The Balaban J connectivity index is 1.12. The predicted octanol–water partition coefficient (Wildman–Crippen LogP) is 0.785. The number of piperazine rings is 2. The fraction of sp³-hybridized carbons (Fsp3) is 0.571. The van der Waals surface area contributed by atoms with E-state index < -0.39 is 6.61 Å². The molecule has 0 spiro atoms. The normalized spacial score (nSPS) is 22.4. The smallest absolute Gasteiger partial charge is 0.274 e. The lowest BCUT2D eigenvalue weighted by molar-refractivity contribution is -0.135. The van der Waals surface area contributed by atoms with Crippen LogP contribution in [-0.4, -0.2) is 106 Å². The number of aliphatic hydroxyl groups is 1. The molecule has 2 aliphatic carbocycles. The number of amides is 3. The zero-order valence-corrected chi connectivity index (χ0v) is 22.2. The molecule has 202 valence electrons. The molecule has 1 saturated carbocycles. The van der Waals surface area contributed by atoms with Gasteiger partial charge >= 0.3 is 0 Å². The zero-order chi connectivity index (χ0) is 26.6. The standard InChI is InChI=1S/C28H36N6O4/c1-18-4-3-5-22(19(18)2)30-6-8-31(9-7-30)24(36)16-34-23-15-20-14-21(20)26(23)27(29-34)28(38)33-12-10-32(11-13-33)25(37)17-35/h3-5,20-21,35H,6-17H2,1-2H3. The second-order valence-electron chi connectivity index (χ2n) is 11.1. The first-order chi connectivity index (χ1) is 18.4. The van der Waals surface area contributed by atoms with Crippen molar-refractivity contribution in [3.63, 3.8) is 0 Å². The van der Waals surface area contributed by atoms with Gasteiger partial charge in [0.05, 0.1) is 0 Å². The minimum atomic E-state index is -0.510. The fourth-order valence-corrected chi connectivity index (χ4v) is 6.39. The van der Waals surface area contributed by atoms with Crippen LogP contribution in [0.5, 0.6) is 0 Å². The lowest BCUT2D eigenvalue weighted by atomic mass is 10.1. The molecule has 6 rings (SSSR count). The quantitative estimate of drug-likeness (QED) is 0.626. The van der Waals surface area contributed by atoms with E-state index in [1.165, 1.54) is 16.8 Å². The van der Waals surface area contributed by atoms with Gasteiger partial charge in [0, 0.05) is 69.3 Å². The minimum absolute atomic E-state index is 0.0478. The van der Waals surface area contributed by atoms with Gasteiger partial charge in [-0.25, -0.2) is 0 Å². The second kappa shape index (κ2) is 9.72. The molecule has 2 saturated heterocycles. The van der Waals surface area contributed by atoms with E-state index in [1.54, 1.807) is 14.5 Å². The van der Waals surface area contributed by atoms with Gasteiger partial charge in [-0.05, 0) is 55.7 Å². The number of anilines is 1. The van der Waals surface area contributed by atoms with E-state index in [0.717, 1.165) is 37.2 Å². The summed E-state index contributed by atoms with van der Waals surface area (Å²) in [5, 5.41) is 13.8. The Labute approximate surface area is 222 Å². The summed E-state index contributed by atoms with van der Waals surface area (Å²) in [4.78, 5) is 46.2. The topological polar surface area (TPSA) is 102 Å². The first-order valence-corrected chi connectivity index (χ1v) is 13.7. The maximum absolute atomic E-state index is 13.5. The summed E-state index contributed by atoms with van der Waals surface area (Å²) in [6.07, 6.45) is 1.97. The Morgan fingerprint density at radius 1 is 0.921 bits per heavy atom. The van der Waals surface area contributed by atoms with Crippen molar-refractivity contribution in [2.24, 2.45) is 5.92 Å². The molecule has 3 heterocycles. The van der Waals surface area contributed by atoms with Crippen molar-refractivity contribution in [3.8, 4) is 0 Å². The van der Waals surface area contributed by atoms with E-state index in [-0.39, 0.29) is 24.3 Å². The van der Waals surface area contributed by atoms with Crippen molar-refractivity contribution >= 4 is 23.4 Å². The number of carbonyl (C=O) groups is 3. The van der Waals surface area contributed by atoms with Crippen molar-refractivity contribution in [2.75, 3.05) is 63.9 Å². The molecule has 1 aromatic carbocycles. The number of carbonyl (C=O) groups excluding carboxylic acids is 3. The highest BCUT2D eigenvalue weighted by Gasteiger charge is 2.50. The van der Waals surface area contributed by atoms with Crippen LogP contribution in [-0.2, 0) is 22.6 Å². The Morgan fingerprint density at radius 3 is 2.29 bits per heavy atom. The number of aryl methyl sites for hydroxylation is 1. The van der Waals surface area contributed by atoms with Crippen molar-refractivity contribution in [1.82, 2.24) is 24.5 Å². The summed E-state index contributed by atoms with van der Waals surface area (Å²) in [5.41, 5.74) is 6.38. The van der Waals surface area contributed by atoms with Gasteiger partial charge in [0.15, 0.2) is 5.69 Å². The summed E-state index contributed by atoms with van der Waals surface area (Å²) >= 11 is 0. The number of hydrogen-bond acceptors (Lipinski definition) is 6. The Morgan fingerprint density at radius 2 is 1.58 bits per heavy atom. The van der Waals surface area contributed by atoms with E-state index in [4.69, 9.17) is 10.2 Å². The summed E-state index contributed by atoms with van der Waals surface area (Å²) in [6.45, 7) is 8.53. The van der Waals surface area contributed by atoms with Gasteiger partial charge in [0.1, 0.15) is 13.2 Å². The van der Waals surface area contributed by atoms with Gasteiger partial charge < -0.3 is 24.7 Å². The van der Waals surface area contributed by atoms with E-state index in [2.05, 4.69) is 36.9 Å². The third-order valence-electron chi connectivity index (χ3n) is 8.94. The Kier molecular flexibility index (Phi) is 6.37. The molecule has 38 heavy (non-hydrogen) atoms. The Bertz CT molecular complexity index is 1270. The van der Waals surface area contributed by atoms with Gasteiger partial charge in [-0.3, -0.25) is 19.1 Å². The number of nitrogens with zero attached hydrogens (tertiary/aromatic N) is 6. The minimum Gasteiger partial charge on any atom is -0.387 e. The molecular formula is C28H36N6O4. The van der Waals surface area contributed by atoms with E-state index in [1.807, 2.05) is 4.90 Å². The van der Waals surface area contributed by atoms with Crippen LogP contribution in [0.3, 0.4) is 0 Å². The molecule has 1 aromatic heterocycles. The molecule has 2 aliphatic heterocycles. The van der Waals surface area contributed by atoms with Crippen LogP contribution in [0, 0.1) is 19.8 Å². The van der Waals surface area contributed by atoms with E-state index >= 15 is 0 Å². The lowest BCUT2D eigenvalue weighted by Crippen LogP contribution is -2.51. The van der Waals surface area contributed by atoms with Gasteiger partial charge in [-0.1, -0.05) is 12.1 Å². The van der Waals surface area contributed by atoms with Crippen molar-refractivity contribution in [3.05, 3.63) is 46.3 Å². The third kappa shape index (κ3) is 4.34. The molecule has 2 atom stereocenters. The molecule has 10 heteroatoms. The number of aromatic nitrogens is 2. The summed E-state index contributed by atoms with van der Waals surface area (Å²) in [5.74, 6) is 0.573.